The van der Waals surface area contributed by atoms with E-state index in [-0.39, 0.29) is 0 Å². The highest BCUT2D eigenvalue weighted by Crippen LogP contribution is 2.36. The van der Waals surface area contributed by atoms with E-state index >= 15 is 0 Å². The van der Waals surface area contributed by atoms with Crippen LogP contribution in [-0.2, 0) is 0 Å². The summed E-state index contributed by atoms with van der Waals surface area (Å²) in [7, 11) is 0. The summed E-state index contributed by atoms with van der Waals surface area (Å²) in [6.07, 6.45) is 20.2. The van der Waals surface area contributed by atoms with Crippen LogP contribution in [0.2, 0.25) is 0 Å². The first-order chi connectivity index (χ1) is 20.4. The third-order valence-corrected chi connectivity index (χ3v) is 11.9. The summed E-state index contributed by atoms with van der Waals surface area (Å²) in [5.41, 5.74) is 6.37. The standard InChI is InChI=1S/4C11H20/c4*1-8(2)11-6-5-9(3)7-10(11)4/h4*5,8,10-11H,6-7H2,1-4H3/t3*10-,11+;10-,11-/m1100/s1. The third kappa shape index (κ3) is 14.6. The second-order valence-corrected chi connectivity index (χ2v) is 17.5. The number of hydrogen-bond acceptors (Lipinski definition) is 0. The number of rotatable bonds is 4. The fraction of sp³-hybridized carbons (Fsp3) is 0.818. The highest BCUT2D eigenvalue weighted by atomic mass is 14.3. The van der Waals surface area contributed by atoms with Crippen LogP contribution in [0.3, 0.4) is 0 Å². The largest absolute Gasteiger partial charge is 0.0853 e. The third-order valence-electron chi connectivity index (χ3n) is 11.9. The lowest BCUT2D eigenvalue weighted by molar-refractivity contribution is 0.259. The van der Waals surface area contributed by atoms with E-state index < -0.39 is 0 Å². The predicted octanol–water partition coefficient (Wildman–Crippen LogP) is 14.5. The van der Waals surface area contributed by atoms with Crippen LogP contribution in [0.25, 0.3) is 0 Å². The monoisotopic (exact) mass is 609 g/mol. The van der Waals surface area contributed by atoms with Crippen molar-refractivity contribution in [2.45, 2.75) is 162 Å². The molecule has 0 heteroatoms. The van der Waals surface area contributed by atoms with Crippen LogP contribution < -0.4 is 0 Å². The highest BCUT2D eigenvalue weighted by molar-refractivity contribution is 5.07. The van der Waals surface area contributed by atoms with Gasteiger partial charge >= 0.3 is 0 Å². The minimum absolute atomic E-state index is 0.856. The summed E-state index contributed by atoms with van der Waals surface area (Å²) < 4.78 is 0. The zero-order valence-electron chi connectivity index (χ0n) is 32.9. The average Bonchev–Trinajstić information content (AvgIpc) is 2.89. The molecule has 44 heavy (non-hydrogen) atoms. The van der Waals surface area contributed by atoms with Crippen molar-refractivity contribution in [3.8, 4) is 0 Å². The molecule has 0 N–H and O–H groups in total. The van der Waals surface area contributed by atoms with Crippen molar-refractivity contribution in [2.75, 3.05) is 0 Å². The minimum atomic E-state index is 0.856. The Morgan fingerprint density at radius 1 is 0.364 bits per heavy atom. The molecular weight excluding hydrogens is 528 g/mol. The first-order valence-corrected chi connectivity index (χ1v) is 19.1. The molecule has 4 rings (SSSR count). The first kappa shape index (κ1) is 41.0. The molecule has 0 saturated carbocycles. The quantitative estimate of drug-likeness (QED) is 0.278. The first-order valence-electron chi connectivity index (χ1n) is 19.1. The van der Waals surface area contributed by atoms with Gasteiger partial charge in [0.2, 0.25) is 0 Å². The molecule has 0 aliphatic heterocycles. The van der Waals surface area contributed by atoms with Gasteiger partial charge in [0, 0.05) is 0 Å². The summed E-state index contributed by atoms with van der Waals surface area (Å²) in [6.45, 7) is 37.3. The Morgan fingerprint density at radius 3 is 0.636 bits per heavy atom. The van der Waals surface area contributed by atoms with Crippen molar-refractivity contribution < 1.29 is 0 Å². The van der Waals surface area contributed by atoms with Crippen molar-refractivity contribution in [3.63, 3.8) is 0 Å². The molecule has 0 aromatic heterocycles. The van der Waals surface area contributed by atoms with E-state index in [2.05, 4.69) is 135 Å². The van der Waals surface area contributed by atoms with Crippen LogP contribution in [0.5, 0.6) is 0 Å². The smallest absolute Gasteiger partial charge is 0.0294 e. The number of allylic oxidation sites excluding steroid dienone is 8. The molecule has 0 unspecified atom stereocenters. The summed E-state index contributed by atoms with van der Waals surface area (Å²) in [5.74, 6) is 10.8. The molecule has 0 aromatic rings. The van der Waals surface area contributed by atoms with Gasteiger partial charge in [0.25, 0.3) is 0 Å². The SMILES string of the molecule is CC1=CC[C@@H](C(C)C)[C@@H](C)C1.CC1=CC[C@@H](C(C)C)[C@H](C)C1.CC1=CC[C@@H](C(C)C)[C@H](C)C1.CC1=CC[C@H](C(C)C)[C@@H](C)C1. The fourth-order valence-electron chi connectivity index (χ4n) is 8.97. The Hall–Kier alpha value is -1.04. The van der Waals surface area contributed by atoms with Crippen LogP contribution in [0.1, 0.15) is 162 Å². The van der Waals surface area contributed by atoms with Crippen molar-refractivity contribution in [2.24, 2.45) is 71.0 Å². The molecular formula is C44H80. The Morgan fingerprint density at radius 2 is 0.523 bits per heavy atom. The van der Waals surface area contributed by atoms with E-state index in [9.17, 15) is 0 Å². The molecule has 0 heterocycles. The molecule has 0 fully saturated rings. The lowest BCUT2D eigenvalue weighted by Crippen LogP contribution is -2.20. The van der Waals surface area contributed by atoms with Gasteiger partial charge in [-0.1, -0.05) is 130 Å². The van der Waals surface area contributed by atoms with Gasteiger partial charge in [0.1, 0.15) is 0 Å². The topological polar surface area (TPSA) is 0 Å². The van der Waals surface area contributed by atoms with Gasteiger partial charge in [-0.2, -0.15) is 0 Å². The molecule has 4 aliphatic carbocycles. The van der Waals surface area contributed by atoms with E-state index in [1.54, 1.807) is 22.3 Å². The van der Waals surface area contributed by atoms with Crippen LogP contribution in [-0.4, -0.2) is 0 Å². The average molecular weight is 609 g/mol. The van der Waals surface area contributed by atoms with Crippen LogP contribution in [0, 0.1) is 71.0 Å². The van der Waals surface area contributed by atoms with Crippen molar-refractivity contribution >= 4 is 0 Å². The van der Waals surface area contributed by atoms with Crippen molar-refractivity contribution in [3.05, 3.63) is 46.6 Å². The molecule has 8 atom stereocenters. The van der Waals surface area contributed by atoms with Gasteiger partial charge in [-0.15, -0.1) is 0 Å². The zero-order valence-corrected chi connectivity index (χ0v) is 32.9. The minimum Gasteiger partial charge on any atom is -0.0853 e. The maximum atomic E-state index is 2.42. The van der Waals surface area contributed by atoms with Crippen LogP contribution >= 0.6 is 0 Å². The second kappa shape index (κ2) is 20.3. The predicted molar refractivity (Wildman–Crippen MR) is 202 cm³/mol. The molecule has 0 spiro atoms. The molecule has 0 amide bonds. The summed E-state index contributed by atoms with van der Waals surface area (Å²) in [4.78, 5) is 0. The van der Waals surface area contributed by atoms with E-state index in [1.807, 2.05) is 0 Å². The van der Waals surface area contributed by atoms with Gasteiger partial charge < -0.3 is 0 Å². The van der Waals surface area contributed by atoms with Gasteiger partial charge in [0.15, 0.2) is 0 Å². The summed E-state index contributed by atoms with van der Waals surface area (Å²) >= 11 is 0. The molecule has 0 nitrogen and oxygen atoms in total. The summed E-state index contributed by atoms with van der Waals surface area (Å²) in [6, 6.07) is 0. The van der Waals surface area contributed by atoms with Crippen LogP contribution in [0.4, 0.5) is 0 Å². The molecule has 4 aliphatic rings. The van der Waals surface area contributed by atoms with Crippen molar-refractivity contribution in [1.29, 1.82) is 0 Å². The molecule has 0 bridgehead atoms. The van der Waals surface area contributed by atoms with E-state index in [4.69, 9.17) is 0 Å². The molecule has 256 valence electrons. The van der Waals surface area contributed by atoms with Gasteiger partial charge in [-0.25, -0.2) is 0 Å². The molecule has 0 saturated heterocycles. The second-order valence-electron chi connectivity index (χ2n) is 17.5. The van der Waals surface area contributed by atoms with E-state index in [0.717, 1.165) is 71.0 Å². The van der Waals surface area contributed by atoms with Gasteiger partial charge in [0.05, 0.1) is 0 Å². The Labute approximate surface area is 279 Å². The Bertz CT molecular complexity index is 766. The lowest BCUT2D eigenvalue weighted by atomic mass is 9.75. The van der Waals surface area contributed by atoms with Crippen molar-refractivity contribution in [1.82, 2.24) is 0 Å². The number of hydrogen-bond donors (Lipinski definition) is 0. The van der Waals surface area contributed by atoms with Crippen LogP contribution in [0.15, 0.2) is 46.6 Å². The maximum absolute atomic E-state index is 2.42. The normalized spacial score (nSPS) is 32.3. The zero-order chi connectivity index (χ0) is 33.7. The Kier molecular flexibility index (Phi) is 18.9. The highest BCUT2D eigenvalue weighted by Gasteiger charge is 2.25. The molecule has 0 radical (unpaired) electrons. The van der Waals surface area contributed by atoms with E-state index in [0.29, 0.717) is 0 Å². The maximum Gasteiger partial charge on any atom is -0.0294 e. The van der Waals surface area contributed by atoms with E-state index in [1.165, 1.54) is 51.4 Å². The summed E-state index contributed by atoms with van der Waals surface area (Å²) in [5, 5.41) is 0. The molecule has 0 aromatic carbocycles. The van der Waals surface area contributed by atoms with Gasteiger partial charge in [-0.3, -0.25) is 0 Å². The van der Waals surface area contributed by atoms with Gasteiger partial charge in [-0.05, 0) is 150 Å². The fourth-order valence-corrected chi connectivity index (χ4v) is 8.97. The Balaban J connectivity index is 0.000000293. The lowest BCUT2D eigenvalue weighted by Gasteiger charge is -2.30.